The summed E-state index contributed by atoms with van der Waals surface area (Å²) in [6.45, 7) is -0.0950. The molecule has 0 aliphatic heterocycles. The Morgan fingerprint density at radius 2 is 2.11 bits per heavy atom. The van der Waals surface area contributed by atoms with Crippen LogP contribution in [0.25, 0.3) is 0 Å². The minimum Gasteiger partial charge on any atom is -0.482 e. The van der Waals surface area contributed by atoms with Gasteiger partial charge >= 0.3 is 5.97 Å². The number of nitrogen functional groups attached to an aromatic ring is 1. The van der Waals surface area contributed by atoms with E-state index < -0.39 is 5.97 Å². The van der Waals surface area contributed by atoms with Crippen LogP contribution in [0.15, 0.2) is 30.6 Å². The quantitative estimate of drug-likeness (QED) is 0.623. The van der Waals surface area contributed by atoms with E-state index in [1.54, 1.807) is 31.3 Å². The van der Waals surface area contributed by atoms with E-state index in [1.165, 1.54) is 11.0 Å². The smallest absolute Gasteiger partial charge is 0.344 e. The summed E-state index contributed by atoms with van der Waals surface area (Å²) in [6.07, 6.45) is 1.40. The van der Waals surface area contributed by atoms with E-state index in [0.29, 0.717) is 17.3 Å². The Balaban J connectivity index is 1.76. The molecule has 2 aromatic rings. The number of nitrogens with zero attached hydrogens (tertiary/aromatic N) is 3. The first-order valence-corrected chi connectivity index (χ1v) is 5.62. The second-order valence-electron chi connectivity index (χ2n) is 3.82. The van der Waals surface area contributed by atoms with Crippen molar-refractivity contribution < 1.29 is 14.3 Å². The Morgan fingerprint density at radius 1 is 1.37 bits per heavy atom. The molecule has 0 bridgehead atoms. The number of esters is 1. The normalized spacial score (nSPS) is 10.2. The monoisotopic (exact) mass is 262 g/mol. The highest BCUT2D eigenvalue weighted by Crippen LogP contribution is 2.12. The van der Waals surface area contributed by atoms with E-state index in [4.69, 9.17) is 15.2 Å². The fourth-order valence-corrected chi connectivity index (χ4v) is 1.34. The lowest BCUT2D eigenvalue weighted by Gasteiger charge is -2.06. The fraction of sp³-hybridized carbons (Fsp3) is 0.250. The summed E-state index contributed by atoms with van der Waals surface area (Å²) in [5, 5.41) is 3.87. The highest BCUT2D eigenvalue weighted by molar-refractivity contribution is 5.71. The summed E-state index contributed by atoms with van der Waals surface area (Å²) in [4.78, 5) is 15.4. The van der Waals surface area contributed by atoms with Crippen LogP contribution >= 0.6 is 0 Å². The standard InChI is InChI=1S/C12H14N4O3/c1-16-11(14-8-15-16)6-19-12(17)7-18-10-4-2-9(13)3-5-10/h2-5,8H,6-7,13H2,1H3. The molecule has 1 aromatic carbocycles. The average molecular weight is 262 g/mol. The van der Waals surface area contributed by atoms with Crippen molar-refractivity contribution in [1.29, 1.82) is 0 Å². The molecule has 2 rings (SSSR count). The van der Waals surface area contributed by atoms with Gasteiger partial charge in [0, 0.05) is 12.7 Å². The second kappa shape index (κ2) is 5.85. The number of ether oxygens (including phenoxy) is 2. The number of carbonyl (C=O) groups is 1. The Morgan fingerprint density at radius 3 is 2.74 bits per heavy atom. The van der Waals surface area contributed by atoms with Crippen molar-refractivity contribution in [1.82, 2.24) is 14.8 Å². The molecule has 19 heavy (non-hydrogen) atoms. The number of aromatic nitrogens is 3. The maximum Gasteiger partial charge on any atom is 0.344 e. The third-order valence-corrected chi connectivity index (χ3v) is 2.40. The van der Waals surface area contributed by atoms with E-state index in [1.807, 2.05) is 0 Å². The number of nitrogens with two attached hydrogens (primary N) is 1. The fourth-order valence-electron chi connectivity index (χ4n) is 1.34. The van der Waals surface area contributed by atoms with Gasteiger partial charge in [-0.1, -0.05) is 0 Å². The van der Waals surface area contributed by atoms with Gasteiger partial charge in [0.25, 0.3) is 0 Å². The first-order valence-electron chi connectivity index (χ1n) is 5.62. The number of aryl methyl sites for hydroxylation is 1. The van der Waals surface area contributed by atoms with Crippen LogP contribution in [0.1, 0.15) is 5.82 Å². The van der Waals surface area contributed by atoms with Crippen molar-refractivity contribution >= 4 is 11.7 Å². The molecular formula is C12H14N4O3. The van der Waals surface area contributed by atoms with Gasteiger partial charge in [-0.15, -0.1) is 0 Å². The van der Waals surface area contributed by atoms with Crippen molar-refractivity contribution in [2.24, 2.45) is 7.05 Å². The van der Waals surface area contributed by atoms with Crippen LogP contribution < -0.4 is 10.5 Å². The topological polar surface area (TPSA) is 92.3 Å². The predicted molar refractivity (Wildman–Crippen MR) is 67.1 cm³/mol. The lowest BCUT2D eigenvalue weighted by Crippen LogP contribution is -2.16. The van der Waals surface area contributed by atoms with Crippen molar-refractivity contribution in [3.63, 3.8) is 0 Å². The molecule has 0 fully saturated rings. The van der Waals surface area contributed by atoms with Gasteiger partial charge in [-0.25, -0.2) is 9.78 Å². The van der Waals surface area contributed by atoms with Crippen molar-refractivity contribution in [2.45, 2.75) is 6.61 Å². The van der Waals surface area contributed by atoms with Gasteiger partial charge in [0.05, 0.1) is 0 Å². The maximum absolute atomic E-state index is 11.5. The molecule has 0 aliphatic carbocycles. The van der Waals surface area contributed by atoms with Crippen LogP contribution in [-0.2, 0) is 23.2 Å². The summed E-state index contributed by atoms with van der Waals surface area (Å²) in [5.41, 5.74) is 6.17. The largest absolute Gasteiger partial charge is 0.482 e. The number of hydrogen-bond acceptors (Lipinski definition) is 6. The van der Waals surface area contributed by atoms with Crippen LogP contribution in [0.5, 0.6) is 5.75 Å². The molecular weight excluding hydrogens is 248 g/mol. The first kappa shape index (κ1) is 12.9. The molecule has 0 radical (unpaired) electrons. The number of rotatable bonds is 5. The Kier molecular flexibility index (Phi) is 3.97. The molecule has 0 spiro atoms. The van der Waals surface area contributed by atoms with Gasteiger partial charge in [-0.3, -0.25) is 4.68 Å². The minimum absolute atomic E-state index is 0.0699. The van der Waals surface area contributed by atoms with Gasteiger partial charge in [0.2, 0.25) is 0 Å². The van der Waals surface area contributed by atoms with Crippen LogP contribution in [0, 0.1) is 0 Å². The van der Waals surface area contributed by atoms with E-state index in [0.717, 1.165) is 0 Å². The Hall–Kier alpha value is -2.57. The molecule has 2 N–H and O–H groups in total. The van der Waals surface area contributed by atoms with Gasteiger partial charge in [-0.05, 0) is 24.3 Å². The third-order valence-electron chi connectivity index (χ3n) is 2.40. The average Bonchev–Trinajstić information content (AvgIpc) is 2.81. The maximum atomic E-state index is 11.5. The van der Waals surface area contributed by atoms with Crippen LogP contribution in [0.2, 0.25) is 0 Å². The molecule has 1 aromatic heterocycles. The first-order chi connectivity index (χ1) is 9.15. The van der Waals surface area contributed by atoms with Gasteiger partial charge < -0.3 is 15.2 Å². The van der Waals surface area contributed by atoms with E-state index >= 15 is 0 Å². The van der Waals surface area contributed by atoms with Crippen LogP contribution in [-0.4, -0.2) is 27.3 Å². The molecule has 7 nitrogen and oxygen atoms in total. The van der Waals surface area contributed by atoms with E-state index in [2.05, 4.69) is 10.1 Å². The zero-order chi connectivity index (χ0) is 13.7. The molecule has 0 amide bonds. The third kappa shape index (κ3) is 3.70. The lowest BCUT2D eigenvalue weighted by molar-refractivity contribution is -0.147. The number of carbonyl (C=O) groups excluding carboxylic acids is 1. The van der Waals surface area contributed by atoms with Crippen molar-refractivity contribution in [3.05, 3.63) is 36.4 Å². The summed E-state index contributed by atoms with van der Waals surface area (Å²) in [5.74, 6) is 0.658. The van der Waals surface area contributed by atoms with Gasteiger partial charge in [0.1, 0.15) is 12.1 Å². The molecule has 0 atom stereocenters. The predicted octanol–water partition coefficient (Wildman–Crippen LogP) is 0.519. The summed E-state index contributed by atoms with van der Waals surface area (Å²) in [7, 11) is 1.72. The van der Waals surface area contributed by atoms with Gasteiger partial charge in [-0.2, -0.15) is 5.10 Å². The second-order valence-corrected chi connectivity index (χ2v) is 3.82. The zero-order valence-corrected chi connectivity index (χ0v) is 10.4. The highest BCUT2D eigenvalue weighted by Gasteiger charge is 2.07. The van der Waals surface area contributed by atoms with E-state index in [-0.39, 0.29) is 13.2 Å². The summed E-state index contributed by atoms with van der Waals surface area (Å²) < 4.78 is 11.8. The number of hydrogen-bond donors (Lipinski definition) is 1. The molecule has 0 aliphatic rings. The Labute approximate surface area is 110 Å². The summed E-state index contributed by atoms with van der Waals surface area (Å²) >= 11 is 0. The molecule has 7 heteroatoms. The van der Waals surface area contributed by atoms with Gasteiger partial charge in [0.15, 0.2) is 19.0 Å². The SMILES string of the molecule is Cn1ncnc1COC(=O)COc1ccc(N)cc1. The molecule has 1 heterocycles. The lowest BCUT2D eigenvalue weighted by atomic mass is 10.3. The van der Waals surface area contributed by atoms with Crippen molar-refractivity contribution in [3.8, 4) is 5.75 Å². The van der Waals surface area contributed by atoms with Crippen molar-refractivity contribution in [2.75, 3.05) is 12.3 Å². The Bertz CT molecular complexity index is 550. The van der Waals surface area contributed by atoms with Crippen LogP contribution in [0.4, 0.5) is 5.69 Å². The highest BCUT2D eigenvalue weighted by atomic mass is 16.6. The van der Waals surface area contributed by atoms with E-state index in [9.17, 15) is 4.79 Å². The molecule has 100 valence electrons. The zero-order valence-electron chi connectivity index (χ0n) is 10.4. The molecule has 0 unspecified atom stereocenters. The summed E-state index contributed by atoms with van der Waals surface area (Å²) in [6, 6.07) is 6.76. The molecule has 0 saturated carbocycles. The minimum atomic E-state index is -0.472. The number of benzene rings is 1. The number of anilines is 1. The van der Waals surface area contributed by atoms with Crippen LogP contribution in [0.3, 0.4) is 0 Å². The molecule has 0 saturated heterocycles.